The molecule has 0 aromatic heterocycles. The SMILES string of the molecule is CC1(Cc2ccc(F)c(N)c2)CCSC(N)=N1. The van der Waals surface area contributed by atoms with Gasteiger partial charge in [0.25, 0.3) is 0 Å². The Morgan fingerprint density at radius 3 is 2.88 bits per heavy atom. The zero-order valence-electron chi connectivity index (χ0n) is 9.74. The van der Waals surface area contributed by atoms with Crippen LogP contribution in [0.25, 0.3) is 0 Å². The molecule has 0 saturated heterocycles. The Kier molecular flexibility index (Phi) is 3.28. The Morgan fingerprint density at radius 1 is 1.47 bits per heavy atom. The molecule has 1 heterocycles. The Morgan fingerprint density at radius 2 is 2.24 bits per heavy atom. The van der Waals surface area contributed by atoms with Gasteiger partial charge in [0.05, 0.1) is 11.2 Å². The summed E-state index contributed by atoms with van der Waals surface area (Å²) >= 11 is 1.58. The van der Waals surface area contributed by atoms with Crippen molar-refractivity contribution in [2.24, 2.45) is 10.7 Å². The molecule has 5 heteroatoms. The molecule has 1 unspecified atom stereocenters. The van der Waals surface area contributed by atoms with Gasteiger partial charge in [0.1, 0.15) is 5.82 Å². The second-order valence-electron chi connectivity index (χ2n) is 4.58. The number of anilines is 1. The van der Waals surface area contributed by atoms with E-state index in [1.807, 2.05) is 0 Å². The van der Waals surface area contributed by atoms with Crippen molar-refractivity contribution in [2.45, 2.75) is 25.3 Å². The van der Waals surface area contributed by atoms with Gasteiger partial charge in [0.2, 0.25) is 0 Å². The smallest absolute Gasteiger partial charge is 0.154 e. The summed E-state index contributed by atoms with van der Waals surface area (Å²) in [6.07, 6.45) is 1.70. The van der Waals surface area contributed by atoms with E-state index in [1.165, 1.54) is 6.07 Å². The van der Waals surface area contributed by atoms with Crippen molar-refractivity contribution in [3.05, 3.63) is 29.6 Å². The van der Waals surface area contributed by atoms with E-state index < -0.39 is 0 Å². The van der Waals surface area contributed by atoms with Crippen LogP contribution >= 0.6 is 11.8 Å². The van der Waals surface area contributed by atoms with Gasteiger partial charge in [0, 0.05) is 5.75 Å². The van der Waals surface area contributed by atoms with Crippen molar-refractivity contribution >= 4 is 22.6 Å². The van der Waals surface area contributed by atoms with Gasteiger partial charge in [-0.3, -0.25) is 4.99 Å². The molecule has 0 spiro atoms. The van der Waals surface area contributed by atoms with Crippen LogP contribution in [0.2, 0.25) is 0 Å². The number of thioether (sulfide) groups is 1. The van der Waals surface area contributed by atoms with Gasteiger partial charge in [-0.25, -0.2) is 4.39 Å². The topological polar surface area (TPSA) is 64.4 Å². The minimum atomic E-state index is -0.374. The first-order valence-corrected chi connectivity index (χ1v) is 6.49. The first-order chi connectivity index (χ1) is 7.98. The predicted octanol–water partition coefficient (Wildman–Crippen LogP) is 2.16. The Bertz CT molecular complexity index is 461. The molecule has 3 nitrogen and oxygen atoms in total. The lowest BCUT2D eigenvalue weighted by Crippen LogP contribution is -2.33. The maximum absolute atomic E-state index is 13.1. The van der Waals surface area contributed by atoms with Crippen LogP contribution in [0.5, 0.6) is 0 Å². The van der Waals surface area contributed by atoms with E-state index in [-0.39, 0.29) is 17.0 Å². The van der Waals surface area contributed by atoms with Crippen molar-refractivity contribution in [2.75, 3.05) is 11.5 Å². The monoisotopic (exact) mass is 253 g/mol. The number of hydrogen-bond acceptors (Lipinski definition) is 4. The molecule has 1 aliphatic rings. The van der Waals surface area contributed by atoms with Gasteiger partial charge in [0.15, 0.2) is 5.17 Å². The molecule has 17 heavy (non-hydrogen) atoms. The highest BCUT2D eigenvalue weighted by atomic mass is 32.2. The number of rotatable bonds is 2. The van der Waals surface area contributed by atoms with Crippen molar-refractivity contribution in [3.8, 4) is 0 Å². The van der Waals surface area contributed by atoms with Crippen molar-refractivity contribution in [3.63, 3.8) is 0 Å². The van der Waals surface area contributed by atoms with Gasteiger partial charge in [-0.2, -0.15) is 0 Å². The zero-order chi connectivity index (χ0) is 12.5. The minimum Gasteiger partial charge on any atom is -0.396 e. The Labute approximate surface area is 104 Å². The molecule has 1 atom stereocenters. The summed E-state index contributed by atoms with van der Waals surface area (Å²) in [4.78, 5) is 4.48. The third-order valence-electron chi connectivity index (χ3n) is 2.92. The summed E-state index contributed by atoms with van der Waals surface area (Å²) in [5.41, 5.74) is 12.3. The third-order valence-corrected chi connectivity index (χ3v) is 3.71. The molecule has 0 bridgehead atoms. The number of amidine groups is 1. The van der Waals surface area contributed by atoms with Crippen LogP contribution in [0, 0.1) is 5.82 Å². The quantitative estimate of drug-likeness (QED) is 0.794. The standard InChI is InChI=1S/C12H16FN3S/c1-12(4-5-17-11(15)16-12)7-8-2-3-9(13)10(14)6-8/h2-3,6H,4-5,7,14H2,1H3,(H2,15,16). The Balaban J connectivity index is 2.20. The first kappa shape index (κ1) is 12.2. The molecule has 0 amide bonds. The highest BCUT2D eigenvalue weighted by Crippen LogP contribution is 2.29. The molecular formula is C12H16FN3S. The van der Waals surface area contributed by atoms with Crippen LogP contribution in [0.3, 0.4) is 0 Å². The summed E-state index contributed by atoms with van der Waals surface area (Å²) in [5.74, 6) is 0.601. The number of benzene rings is 1. The molecule has 1 aromatic rings. The number of nitrogen functional groups attached to an aromatic ring is 1. The highest BCUT2D eigenvalue weighted by molar-refractivity contribution is 8.13. The molecule has 0 radical (unpaired) electrons. The fourth-order valence-corrected chi connectivity index (χ4v) is 3.04. The number of aliphatic imine (C=N–C) groups is 1. The van der Waals surface area contributed by atoms with Gasteiger partial charge in [-0.15, -0.1) is 0 Å². The van der Waals surface area contributed by atoms with E-state index in [0.717, 1.165) is 24.2 Å². The molecule has 1 aromatic carbocycles. The minimum absolute atomic E-state index is 0.188. The zero-order valence-corrected chi connectivity index (χ0v) is 10.6. The van der Waals surface area contributed by atoms with Gasteiger partial charge in [-0.05, 0) is 37.5 Å². The van der Waals surface area contributed by atoms with Crippen LogP contribution in [-0.2, 0) is 6.42 Å². The molecule has 4 N–H and O–H groups in total. The van der Waals surface area contributed by atoms with Crippen molar-refractivity contribution in [1.29, 1.82) is 0 Å². The van der Waals surface area contributed by atoms with Crippen LogP contribution in [0.15, 0.2) is 23.2 Å². The van der Waals surface area contributed by atoms with Gasteiger partial charge >= 0.3 is 0 Å². The first-order valence-electron chi connectivity index (χ1n) is 5.51. The predicted molar refractivity (Wildman–Crippen MR) is 71.6 cm³/mol. The Hall–Kier alpha value is -1.23. The van der Waals surface area contributed by atoms with E-state index in [2.05, 4.69) is 11.9 Å². The second-order valence-corrected chi connectivity index (χ2v) is 5.69. The fourth-order valence-electron chi connectivity index (χ4n) is 2.00. The summed E-state index contributed by atoms with van der Waals surface area (Å²) in [7, 11) is 0. The van der Waals surface area contributed by atoms with E-state index >= 15 is 0 Å². The molecule has 0 aliphatic carbocycles. The molecule has 1 aliphatic heterocycles. The number of halogens is 1. The summed E-state index contributed by atoms with van der Waals surface area (Å²) in [5, 5.41) is 0.633. The summed E-state index contributed by atoms with van der Waals surface area (Å²) < 4.78 is 13.1. The van der Waals surface area contributed by atoms with E-state index in [9.17, 15) is 4.39 Å². The lowest BCUT2D eigenvalue weighted by Gasteiger charge is -2.29. The highest BCUT2D eigenvalue weighted by Gasteiger charge is 2.27. The van der Waals surface area contributed by atoms with Crippen molar-refractivity contribution in [1.82, 2.24) is 0 Å². The molecule has 0 fully saturated rings. The second kappa shape index (κ2) is 4.56. The molecule has 92 valence electrons. The van der Waals surface area contributed by atoms with E-state index in [4.69, 9.17) is 11.5 Å². The molecular weight excluding hydrogens is 237 g/mol. The average molecular weight is 253 g/mol. The van der Waals surface area contributed by atoms with E-state index in [1.54, 1.807) is 23.9 Å². The lowest BCUT2D eigenvalue weighted by molar-refractivity contribution is 0.454. The van der Waals surface area contributed by atoms with Gasteiger partial charge < -0.3 is 11.5 Å². The van der Waals surface area contributed by atoms with Crippen molar-refractivity contribution < 1.29 is 4.39 Å². The molecule has 2 rings (SSSR count). The van der Waals surface area contributed by atoms with E-state index in [0.29, 0.717) is 5.17 Å². The normalized spacial score (nSPS) is 24.5. The van der Waals surface area contributed by atoms with Crippen LogP contribution in [-0.4, -0.2) is 16.5 Å². The number of nitrogens with zero attached hydrogens (tertiary/aromatic N) is 1. The van der Waals surface area contributed by atoms with Gasteiger partial charge in [-0.1, -0.05) is 17.8 Å². The summed E-state index contributed by atoms with van der Waals surface area (Å²) in [6.45, 7) is 2.07. The van der Waals surface area contributed by atoms with Crippen LogP contribution in [0.4, 0.5) is 10.1 Å². The average Bonchev–Trinajstić information content (AvgIpc) is 2.22. The van der Waals surface area contributed by atoms with Crippen LogP contribution < -0.4 is 11.5 Å². The lowest BCUT2D eigenvalue weighted by atomic mass is 9.90. The number of hydrogen-bond donors (Lipinski definition) is 2. The number of nitrogens with two attached hydrogens (primary N) is 2. The molecule has 0 saturated carbocycles. The summed E-state index contributed by atoms with van der Waals surface area (Å²) in [6, 6.07) is 4.83. The fraction of sp³-hybridized carbons (Fsp3) is 0.417. The van der Waals surface area contributed by atoms with Crippen LogP contribution in [0.1, 0.15) is 18.9 Å². The third kappa shape index (κ3) is 2.91. The maximum atomic E-state index is 13.1. The maximum Gasteiger partial charge on any atom is 0.154 e. The largest absolute Gasteiger partial charge is 0.396 e.